The Bertz CT molecular complexity index is 470. The SMILES string of the molecule is CN=C(NCCCCN1CCC(C)CC1)NCCc1ccccc1.I. The van der Waals surface area contributed by atoms with Crippen LogP contribution in [0.4, 0.5) is 0 Å². The molecule has 5 heteroatoms. The molecule has 25 heavy (non-hydrogen) atoms. The first-order valence-electron chi connectivity index (χ1n) is 9.48. The van der Waals surface area contributed by atoms with Gasteiger partial charge in [0.2, 0.25) is 0 Å². The number of unbranched alkanes of at least 4 members (excludes halogenated alkanes) is 1. The van der Waals surface area contributed by atoms with Gasteiger partial charge in [-0.3, -0.25) is 4.99 Å². The summed E-state index contributed by atoms with van der Waals surface area (Å²) in [4.78, 5) is 6.92. The van der Waals surface area contributed by atoms with Crippen LogP contribution in [0.5, 0.6) is 0 Å². The summed E-state index contributed by atoms with van der Waals surface area (Å²) in [5.41, 5.74) is 1.36. The molecule has 142 valence electrons. The van der Waals surface area contributed by atoms with E-state index in [2.05, 4.69) is 57.8 Å². The molecule has 0 saturated carbocycles. The zero-order valence-corrected chi connectivity index (χ0v) is 18.2. The highest BCUT2D eigenvalue weighted by molar-refractivity contribution is 14.0. The fourth-order valence-electron chi connectivity index (χ4n) is 3.14. The molecule has 1 saturated heterocycles. The number of hydrogen-bond donors (Lipinski definition) is 2. The molecule has 1 aromatic rings. The van der Waals surface area contributed by atoms with Gasteiger partial charge < -0.3 is 15.5 Å². The minimum absolute atomic E-state index is 0. The van der Waals surface area contributed by atoms with Crippen LogP contribution in [0.15, 0.2) is 35.3 Å². The van der Waals surface area contributed by atoms with Gasteiger partial charge in [0.15, 0.2) is 5.96 Å². The van der Waals surface area contributed by atoms with Crippen molar-refractivity contribution in [2.75, 3.05) is 39.8 Å². The third-order valence-electron chi connectivity index (χ3n) is 4.84. The molecule has 1 aliphatic rings. The topological polar surface area (TPSA) is 39.7 Å². The van der Waals surface area contributed by atoms with Crippen LogP contribution in [-0.4, -0.2) is 50.6 Å². The summed E-state index contributed by atoms with van der Waals surface area (Å²) in [5, 5.41) is 6.81. The van der Waals surface area contributed by atoms with E-state index >= 15 is 0 Å². The molecule has 2 N–H and O–H groups in total. The monoisotopic (exact) mass is 458 g/mol. The highest BCUT2D eigenvalue weighted by Gasteiger charge is 2.14. The van der Waals surface area contributed by atoms with Gasteiger partial charge in [-0.15, -0.1) is 24.0 Å². The number of hydrogen-bond acceptors (Lipinski definition) is 2. The van der Waals surface area contributed by atoms with Crippen molar-refractivity contribution in [2.24, 2.45) is 10.9 Å². The summed E-state index contributed by atoms with van der Waals surface area (Å²) in [7, 11) is 1.84. The average Bonchev–Trinajstić information content (AvgIpc) is 2.62. The standard InChI is InChI=1S/C20H34N4.HI/c1-18-11-16-24(17-12-18)15-7-6-13-22-20(21-2)23-14-10-19-8-4-3-5-9-19;/h3-5,8-9,18H,6-7,10-17H2,1-2H3,(H2,21,22,23);1H. The molecule has 1 aliphatic heterocycles. The van der Waals surface area contributed by atoms with E-state index in [1.807, 2.05) is 7.05 Å². The Morgan fingerprint density at radius 3 is 2.44 bits per heavy atom. The predicted molar refractivity (Wildman–Crippen MR) is 119 cm³/mol. The zero-order valence-electron chi connectivity index (χ0n) is 15.8. The van der Waals surface area contributed by atoms with Crippen molar-refractivity contribution >= 4 is 29.9 Å². The second-order valence-corrected chi connectivity index (χ2v) is 6.89. The number of aliphatic imine (C=N–C) groups is 1. The van der Waals surface area contributed by atoms with Crippen LogP contribution in [-0.2, 0) is 6.42 Å². The Hall–Kier alpha value is -0.820. The number of guanidine groups is 1. The minimum Gasteiger partial charge on any atom is -0.356 e. The van der Waals surface area contributed by atoms with Gasteiger partial charge in [0.1, 0.15) is 0 Å². The molecule has 0 radical (unpaired) electrons. The summed E-state index contributed by atoms with van der Waals surface area (Å²) in [6, 6.07) is 10.6. The number of halogens is 1. The maximum Gasteiger partial charge on any atom is 0.190 e. The Kier molecular flexibility index (Phi) is 11.9. The third-order valence-corrected chi connectivity index (χ3v) is 4.84. The molecular formula is C20H35IN4. The molecular weight excluding hydrogens is 423 g/mol. The van der Waals surface area contributed by atoms with Crippen LogP contribution >= 0.6 is 24.0 Å². The van der Waals surface area contributed by atoms with Gasteiger partial charge >= 0.3 is 0 Å². The van der Waals surface area contributed by atoms with Crippen molar-refractivity contribution in [2.45, 2.75) is 39.0 Å². The molecule has 4 nitrogen and oxygen atoms in total. The lowest BCUT2D eigenvalue weighted by Gasteiger charge is -2.30. The van der Waals surface area contributed by atoms with Gasteiger partial charge in [-0.05, 0) is 63.2 Å². The zero-order chi connectivity index (χ0) is 17.0. The molecule has 0 bridgehead atoms. The molecule has 0 unspecified atom stereocenters. The van der Waals surface area contributed by atoms with E-state index < -0.39 is 0 Å². The van der Waals surface area contributed by atoms with E-state index in [1.54, 1.807) is 0 Å². The van der Waals surface area contributed by atoms with Crippen molar-refractivity contribution in [3.05, 3.63) is 35.9 Å². The largest absolute Gasteiger partial charge is 0.356 e. The molecule has 1 heterocycles. The van der Waals surface area contributed by atoms with Gasteiger partial charge in [0.05, 0.1) is 0 Å². The van der Waals surface area contributed by atoms with E-state index in [9.17, 15) is 0 Å². The number of piperidine rings is 1. The Morgan fingerprint density at radius 1 is 1.08 bits per heavy atom. The van der Waals surface area contributed by atoms with Gasteiger partial charge in [-0.2, -0.15) is 0 Å². The molecule has 1 fully saturated rings. The summed E-state index contributed by atoms with van der Waals surface area (Å²) in [6.45, 7) is 8.10. The van der Waals surface area contributed by atoms with Crippen molar-refractivity contribution in [1.82, 2.24) is 15.5 Å². The summed E-state index contributed by atoms with van der Waals surface area (Å²) in [6.07, 6.45) is 6.23. The Labute approximate surface area is 170 Å². The van der Waals surface area contributed by atoms with Crippen LogP contribution in [0.1, 0.15) is 38.2 Å². The summed E-state index contributed by atoms with van der Waals surface area (Å²) in [5.74, 6) is 1.84. The van der Waals surface area contributed by atoms with Crippen LogP contribution in [0, 0.1) is 5.92 Å². The average molecular weight is 458 g/mol. The van der Waals surface area contributed by atoms with Gasteiger partial charge in [-0.1, -0.05) is 37.3 Å². The lowest BCUT2D eigenvalue weighted by atomic mass is 9.99. The molecule has 0 atom stereocenters. The number of nitrogens with one attached hydrogen (secondary N) is 2. The van der Waals surface area contributed by atoms with Crippen molar-refractivity contribution in [3.8, 4) is 0 Å². The highest BCUT2D eigenvalue weighted by Crippen LogP contribution is 2.15. The second kappa shape index (κ2) is 13.4. The number of rotatable bonds is 8. The van der Waals surface area contributed by atoms with Crippen LogP contribution in [0.2, 0.25) is 0 Å². The maximum absolute atomic E-state index is 4.30. The van der Waals surface area contributed by atoms with Crippen molar-refractivity contribution < 1.29 is 0 Å². The first-order chi connectivity index (χ1) is 11.8. The van der Waals surface area contributed by atoms with Crippen molar-refractivity contribution in [3.63, 3.8) is 0 Å². The first-order valence-corrected chi connectivity index (χ1v) is 9.48. The van der Waals surface area contributed by atoms with Gasteiger partial charge in [0.25, 0.3) is 0 Å². The van der Waals surface area contributed by atoms with Gasteiger partial charge in [0, 0.05) is 20.1 Å². The second-order valence-electron chi connectivity index (χ2n) is 6.89. The van der Waals surface area contributed by atoms with Crippen molar-refractivity contribution in [1.29, 1.82) is 0 Å². The normalized spacial score (nSPS) is 16.3. The van der Waals surface area contributed by atoms with E-state index in [4.69, 9.17) is 0 Å². The molecule has 2 rings (SSSR count). The molecule has 0 aliphatic carbocycles. The highest BCUT2D eigenvalue weighted by atomic mass is 127. The van der Waals surface area contributed by atoms with E-state index in [1.165, 1.54) is 50.9 Å². The molecule has 0 amide bonds. The van der Waals surface area contributed by atoms with Crippen LogP contribution < -0.4 is 10.6 Å². The number of likely N-dealkylation sites (tertiary alicyclic amines) is 1. The van der Waals surface area contributed by atoms with Crippen LogP contribution in [0.3, 0.4) is 0 Å². The van der Waals surface area contributed by atoms with E-state index in [0.29, 0.717) is 0 Å². The Morgan fingerprint density at radius 2 is 1.76 bits per heavy atom. The van der Waals surface area contributed by atoms with Gasteiger partial charge in [-0.25, -0.2) is 0 Å². The molecule has 0 spiro atoms. The van der Waals surface area contributed by atoms with E-state index in [-0.39, 0.29) is 24.0 Å². The fraction of sp³-hybridized carbons (Fsp3) is 0.650. The quantitative estimate of drug-likeness (QED) is 0.271. The Balaban J connectivity index is 0.00000312. The van der Waals surface area contributed by atoms with Crippen LogP contribution in [0.25, 0.3) is 0 Å². The predicted octanol–water partition coefficient (Wildman–Crippen LogP) is 3.52. The summed E-state index contributed by atoms with van der Waals surface area (Å²) < 4.78 is 0. The minimum atomic E-state index is 0. The molecule has 0 aromatic heterocycles. The van der Waals surface area contributed by atoms with E-state index in [0.717, 1.165) is 31.4 Å². The molecule has 1 aromatic carbocycles. The first kappa shape index (κ1) is 22.2. The smallest absolute Gasteiger partial charge is 0.190 e. The lowest BCUT2D eigenvalue weighted by Crippen LogP contribution is -2.39. The number of nitrogens with zero attached hydrogens (tertiary/aromatic N) is 2. The third kappa shape index (κ3) is 9.45. The lowest BCUT2D eigenvalue weighted by molar-refractivity contribution is 0.189. The maximum atomic E-state index is 4.30. The fourth-order valence-corrected chi connectivity index (χ4v) is 3.14. The number of benzene rings is 1. The summed E-state index contributed by atoms with van der Waals surface area (Å²) >= 11 is 0.